The van der Waals surface area contributed by atoms with Gasteiger partial charge in [0.25, 0.3) is 0 Å². The molecule has 0 amide bonds. The highest BCUT2D eigenvalue weighted by Gasteiger charge is 2.05. The zero-order chi connectivity index (χ0) is 13.9. The van der Waals surface area contributed by atoms with Crippen molar-refractivity contribution >= 4 is 12.2 Å². The van der Waals surface area contributed by atoms with Gasteiger partial charge in [0, 0.05) is 6.54 Å². The Bertz CT molecular complexity index is 388. The molecule has 104 valence electrons. The van der Waals surface area contributed by atoms with E-state index in [9.17, 15) is 4.79 Å². The summed E-state index contributed by atoms with van der Waals surface area (Å²) in [6.07, 6.45) is 4.44. The third-order valence-corrected chi connectivity index (χ3v) is 2.75. The molecule has 0 unspecified atom stereocenters. The Kier molecular flexibility index (Phi) is 7.51. The zero-order valence-corrected chi connectivity index (χ0v) is 11.4. The van der Waals surface area contributed by atoms with E-state index in [0.717, 1.165) is 37.9 Å². The predicted octanol–water partition coefficient (Wildman–Crippen LogP) is 2.77. The van der Waals surface area contributed by atoms with Crippen molar-refractivity contribution in [3.8, 4) is 0 Å². The molecule has 1 aromatic rings. The average molecular weight is 262 g/mol. The summed E-state index contributed by atoms with van der Waals surface area (Å²) in [5.41, 5.74) is 1.75. The summed E-state index contributed by atoms with van der Waals surface area (Å²) in [5, 5.41) is 10.3. The number of carbonyl (C=O) groups excluding carboxylic acids is 1. The molecule has 0 bridgehead atoms. The van der Waals surface area contributed by atoms with Crippen LogP contribution in [0, 0.1) is 5.41 Å². The predicted molar refractivity (Wildman–Crippen MR) is 76.7 cm³/mol. The Balaban J connectivity index is 2.28. The van der Waals surface area contributed by atoms with Gasteiger partial charge in [0.2, 0.25) is 0 Å². The Hall–Kier alpha value is -1.68. The van der Waals surface area contributed by atoms with E-state index in [1.165, 1.54) is 6.21 Å². The van der Waals surface area contributed by atoms with Crippen molar-refractivity contribution in [1.29, 1.82) is 5.41 Å². The molecule has 0 saturated heterocycles. The lowest BCUT2D eigenvalue weighted by atomic mass is 10.1. The van der Waals surface area contributed by atoms with E-state index < -0.39 is 0 Å². The highest BCUT2D eigenvalue weighted by Crippen LogP contribution is 2.06. The molecule has 2 N–H and O–H groups in total. The number of hydrogen-bond donors (Lipinski definition) is 2. The van der Waals surface area contributed by atoms with Crippen molar-refractivity contribution < 1.29 is 9.53 Å². The number of unbranched alkanes of at least 4 members (excludes halogenated alkanes) is 2. The molecule has 1 aromatic carbocycles. The normalized spacial score (nSPS) is 10.2. The second-order valence-corrected chi connectivity index (χ2v) is 4.29. The van der Waals surface area contributed by atoms with Gasteiger partial charge < -0.3 is 15.5 Å². The minimum Gasteiger partial charge on any atom is -0.462 e. The fourth-order valence-corrected chi connectivity index (χ4v) is 1.70. The SMILES string of the molecule is CCOC(=O)c1ccc(CNCCCCC=N)cc1. The van der Waals surface area contributed by atoms with E-state index in [0.29, 0.717) is 12.2 Å². The van der Waals surface area contributed by atoms with Crippen molar-refractivity contribution in [2.24, 2.45) is 0 Å². The number of hydrogen-bond acceptors (Lipinski definition) is 4. The first-order valence-electron chi connectivity index (χ1n) is 6.73. The van der Waals surface area contributed by atoms with Gasteiger partial charge in [-0.25, -0.2) is 4.79 Å². The molecule has 0 spiro atoms. The van der Waals surface area contributed by atoms with E-state index in [2.05, 4.69) is 5.32 Å². The maximum absolute atomic E-state index is 11.5. The van der Waals surface area contributed by atoms with Crippen LogP contribution in [0.5, 0.6) is 0 Å². The third-order valence-electron chi connectivity index (χ3n) is 2.75. The Morgan fingerprint density at radius 2 is 2.05 bits per heavy atom. The summed E-state index contributed by atoms with van der Waals surface area (Å²) >= 11 is 0. The van der Waals surface area contributed by atoms with Crippen LogP contribution in [-0.2, 0) is 11.3 Å². The van der Waals surface area contributed by atoms with Gasteiger partial charge in [-0.3, -0.25) is 0 Å². The number of rotatable bonds is 9. The van der Waals surface area contributed by atoms with E-state index in [4.69, 9.17) is 10.1 Å². The van der Waals surface area contributed by atoms with Gasteiger partial charge in [-0.15, -0.1) is 0 Å². The summed E-state index contributed by atoms with van der Waals surface area (Å²) in [4.78, 5) is 11.5. The number of esters is 1. The minimum atomic E-state index is -0.270. The quantitative estimate of drug-likeness (QED) is 0.408. The van der Waals surface area contributed by atoms with E-state index in [1.807, 2.05) is 12.1 Å². The van der Waals surface area contributed by atoms with Gasteiger partial charge >= 0.3 is 5.97 Å². The van der Waals surface area contributed by atoms with Crippen LogP contribution in [0.2, 0.25) is 0 Å². The molecule has 0 radical (unpaired) electrons. The average Bonchev–Trinajstić information content (AvgIpc) is 2.43. The fourth-order valence-electron chi connectivity index (χ4n) is 1.70. The zero-order valence-electron chi connectivity index (χ0n) is 11.4. The highest BCUT2D eigenvalue weighted by atomic mass is 16.5. The molecule has 0 fully saturated rings. The smallest absolute Gasteiger partial charge is 0.338 e. The monoisotopic (exact) mass is 262 g/mol. The van der Waals surface area contributed by atoms with Gasteiger partial charge in [0.15, 0.2) is 0 Å². The maximum Gasteiger partial charge on any atom is 0.338 e. The van der Waals surface area contributed by atoms with Crippen LogP contribution in [0.3, 0.4) is 0 Å². The van der Waals surface area contributed by atoms with Crippen LogP contribution in [0.25, 0.3) is 0 Å². The van der Waals surface area contributed by atoms with Crippen LogP contribution >= 0.6 is 0 Å². The lowest BCUT2D eigenvalue weighted by molar-refractivity contribution is 0.0526. The van der Waals surface area contributed by atoms with Gasteiger partial charge in [0.1, 0.15) is 0 Å². The number of ether oxygens (including phenoxy) is 1. The van der Waals surface area contributed by atoms with Crippen LogP contribution in [0.1, 0.15) is 42.1 Å². The molecule has 4 nitrogen and oxygen atoms in total. The summed E-state index contributed by atoms with van der Waals surface area (Å²) in [5.74, 6) is -0.270. The lowest BCUT2D eigenvalue weighted by Gasteiger charge is -2.06. The van der Waals surface area contributed by atoms with Crippen molar-refractivity contribution in [2.45, 2.75) is 32.7 Å². The van der Waals surface area contributed by atoms with E-state index in [-0.39, 0.29) is 5.97 Å². The second kappa shape index (κ2) is 9.28. The molecule has 4 heteroatoms. The minimum absolute atomic E-state index is 0.270. The molecule has 0 aliphatic carbocycles. The molecule has 0 atom stereocenters. The van der Waals surface area contributed by atoms with E-state index in [1.54, 1.807) is 19.1 Å². The molecule has 0 aromatic heterocycles. The highest BCUT2D eigenvalue weighted by molar-refractivity contribution is 5.89. The molecular weight excluding hydrogens is 240 g/mol. The molecule has 0 saturated carbocycles. The lowest BCUT2D eigenvalue weighted by Crippen LogP contribution is -2.14. The summed E-state index contributed by atoms with van der Waals surface area (Å²) in [6, 6.07) is 7.47. The number of nitrogens with one attached hydrogen (secondary N) is 2. The molecule has 0 heterocycles. The number of carbonyl (C=O) groups is 1. The van der Waals surface area contributed by atoms with Gasteiger partial charge in [-0.1, -0.05) is 12.1 Å². The molecule has 19 heavy (non-hydrogen) atoms. The van der Waals surface area contributed by atoms with Crippen LogP contribution in [0.15, 0.2) is 24.3 Å². The molecular formula is C15H22N2O2. The largest absolute Gasteiger partial charge is 0.462 e. The van der Waals surface area contributed by atoms with Crippen LogP contribution < -0.4 is 5.32 Å². The van der Waals surface area contributed by atoms with E-state index >= 15 is 0 Å². The third kappa shape index (κ3) is 6.15. The maximum atomic E-state index is 11.5. The van der Waals surface area contributed by atoms with Crippen molar-refractivity contribution in [1.82, 2.24) is 5.32 Å². The number of benzene rings is 1. The standard InChI is InChI=1S/C15H22N2O2/c1-2-19-15(18)14-8-6-13(7-9-14)12-17-11-5-3-4-10-16/h6-10,16-17H,2-5,11-12H2,1H3. The molecule has 1 rings (SSSR count). The topological polar surface area (TPSA) is 62.2 Å². The Morgan fingerprint density at radius 3 is 2.68 bits per heavy atom. The van der Waals surface area contributed by atoms with Crippen LogP contribution in [0.4, 0.5) is 0 Å². The fraction of sp³-hybridized carbons (Fsp3) is 0.467. The van der Waals surface area contributed by atoms with Crippen molar-refractivity contribution in [2.75, 3.05) is 13.2 Å². The summed E-state index contributed by atoms with van der Waals surface area (Å²) < 4.78 is 4.93. The summed E-state index contributed by atoms with van der Waals surface area (Å²) in [6.45, 7) is 3.95. The first-order chi connectivity index (χ1) is 9.27. The molecule has 0 aliphatic heterocycles. The molecule has 0 aliphatic rings. The van der Waals surface area contributed by atoms with Gasteiger partial charge in [-0.05, 0) is 56.6 Å². The first-order valence-corrected chi connectivity index (χ1v) is 6.73. The second-order valence-electron chi connectivity index (χ2n) is 4.29. The van der Waals surface area contributed by atoms with Gasteiger partial charge in [-0.2, -0.15) is 0 Å². The van der Waals surface area contributed by atoms with Crippen molar-refractivity contribution in [3.63, 3.8) is 0 Å². The first kappa shape index (κ1) is 15.4. The van der Waals surface area contributed by atoms with Gasteiger partial charge in [0.05, 0.1) is 12.2 Å². The Morgan fingerprint density at radius 1 is 1.32 bits per heavy atom. The Labute approximate surface area is 114 Å². The van der Waals surface area contributed by atoms with Crippen LogP contribution in [-0.4, -0.2) is 25.3 Å². The summed E-state index contributed by atoms with van der Waals surface area (Å²) in [7, 11) is 0. The van der Waals surface area contributed by atoms with Crippen molar-refractivity contribution in [3.05, 3.63) is 35.4 Å².